The van der Waals surface area contributed by atoms with Crippen LogP contribution >= 0.6 is 8.60 Å². The maximum Gasteiger partial charge on any atom is 0.463 e. The molecular formula is C26H37O3P. The van der Waals surface area contributed by atoms with Gasteiger partial charge in [0.25, 0.3) is 0 Å². The van der Waals surface area contributed by atoms with Crippen LogP contribution in [0.15, 0.2) is 54.6 Å². The molecule has 1 saturated carbocycles. The molecule has 1 atom stereocenters. The summed E-state index contributed by atoms with van der Waals surface area (Å²) < 4.78 is 18.5. The molecule has 30 heavy (non-hydrogen) atoms. The molecule has 3 nitrogen and oxygen atoms in total. The molecule has 1 fully saturated rings. The van der Waals surface area contributed by atoms with Gasteiger partial charge in [0, 0.05) is 0 Å². The number of aryl methyl sites for hydroxylation is 1. The third-order valence-electron chi connectivity index (χ3n) is 5.63. The zero-order valence-corrected chi connectivity index (χ0v) is 19.3. The Morgan fingerprint density at radius 2 is 1.37 bits per heavy atom. The fourth-order valence-corrected chi connectivity index (χ4v) is 5.00. The smallest absolute Gasteiger partial charge is 0.418 e. The van der Waals surface area contributed by atoms with E-state index in [1.165, 1.54) is 63.4 Å². The van der Waals surface area contributed by atoms with Crippen LogP contribution in [0.25, 0.3) is 0 Å². The molecule has 4 heteroatoms. The van der Waals surface area contributed by atoms with Gasteiger partial charge in [-0.25, -0.2) is 0 Å². The fraction of sp³-hybridized carbons (Fsp3) is 0.538. The molecule has 0 N–H and O–H groups in total. The van der Waals surface area contributed by atoms with E-state index in [9.17, 15) is 0 Å². The monoisotopic (exact) mass is 428 g/mol. The Kier molecular flexibility index (Phi) is 10.5. The topological polar surface area (TPSA) is 27.7 Å². The van der Waals surface area contributed by atoms with E-state index in [0.29, 0.717) is 0 Å². The third kappa shape index (κ3) is 8.66. The van der Waals surface area contributed by atoms with Gasteiger partial charge in [0.05, 0.1) is 6.10 Å². The highest BCUT2D eigenvalue weighted by molar-refractivity contribution is 7.42. The van der Waals surface area contributed by atoms with Gasteiger partial charge < -0.3 is 9.05 Å². The van der Waals surface area contributed by atoms with Crippen molar-refractivity contribution < 1.29 is 13.6 Å². The Morgan fingerprint density at radius 3 is 2.07 bits per heavy atom. The van der Waals surface area contributed by atoms with E-state index in [1.807, 2.05) is 30.3 Å². The molecule has 3 rings (SSSR count). The molecule has 1 aliphatic rings. The Hall–Kier alpha value is -1.57. The predicted octanol–water partition coefficient (Wildman–Crippen LogP) is 8.62. The zero-order chi connectivity index (χ0) is 20.9. The summed E-state index contributed by atoms with van der Waals surface area (Å²) in [7, 11) is -1.47. The molecule has 0 radical (unpaired) electrons. The van der Waals surface area contributed by atoms with Gasteiger partial charge >= 0.3 is 8.60 Å². The molecule has 0 amide bonds. The fourth-order valence-electron chi connectivity index (χ4n) is 3.83. The van der Waals surface area contributed by atoms with Crippen LogP contribution in [0.3, 0.4) is 0 Å². The minimum Gasteiger partial charge on any atom is -0.418 e. The highest BCUT2D eigenvalue weighted by Gasteiger charge is 2.24. The van der Waals surface area contributed by atoms with Crippen LogP contribution in [0.2, 0.25) is 0 Å². The number of benzene rings is 2. The first-order valence-electron chi connectivity index (χ1n) is 11.8. The van der Waals surface area contributed by atoms with Crippen molar-refractivity contribution in [1.29, 1.82) is 0 Å². The molecule has 1 aliphatic carbocycles. The van der Waals surface area contributed by atoms with E-state index in [-0.39, 0.29) is 6.10 Å². The quantitative estimate of drug-likeness (QED) is 0.236. The van der Waals surface area contributed by atoms with Crippen LogP contribution in [0.1, 0.15) is 83.1 Å². The second-order valence-electron chi connectivity index (χ2n) is 8.25. The molecule has 2 aromatic rings. The molecule has 0 aliphatic heterocycles. The number of hydrogen-bond acceptors (Lipinski definition) is 3. The summed E-state index contributed by atoms with van der Waals surface area (Å²) in [4.78, 5) is 0. The zero-order valence-electron chi connectivity index (χ0n) is 18.4. The Balaban J connectivity index is 1.51. The first kappa shape index (κ1) is 23.1. The number of para-hydroxylation sites is 1. The van der Waals surface area contributed by atoms with Crippen LogP contribution in [0, 0.1) is 0 Å². The Bertz CT molecular complexity index is 683. The van der Waals surface area contributed by atoms with E-state index in [2.05, 4.69) is 31.2 Å². The van der Waals surface area contributed by atoms with Crippen LogP contribution in [0.5, 0.6) is 11.5 Å². The lowest BCUT2D eigenvalue weighted by Gasteiger charge is -2.25. The maximum absolute atomic E-state index is 6.26. The maximum atomic E-state index is 6.26. The van der Waals surface area contributed by atoms with Crippen LogP contribution in [-0.2, 0) is 10.9 Å². The van der Waals surface area contributed by atoms with E-state index < -0.39 is 8.60 Å². The molecule has 1 unspecified atom stereocenters. The Morgan fingerprint density at radius 1 is 0.733 bits per heavy atom. The van der Waals surface area contributed by atoms with E-state index in [0.717, 1.165) is 30.8 Å². The largest absolute Gasteiger partial charge is 0.463 e. The van der Waals surface area contributed by atoms with E-state index in [1.54, 1.807) is 0 Å². The van der Waals surface area contributed by atoms with Crippen molar-refractivity contribution in [3.8, 4) is 11.5 Å². The van der Waals surface area contributed by atoms with Gasteiger partial charge in [0.2, 0.25) is 0 Å². The molecular weight excluding hydrogens is 391 g/mol. The second kappa shape index (κ2) is 13.7. The average molecular weight is 429 g/mol. The van der Waals surface area contributed by atoms with Crippen LogP contribution in [0.4, 0.5) is 0 Å². The molecule has 0 bridgehead atoms. The lowest BCUT2D eigenvalue weighted by molar-refractivity contribution is 0.138. The molecule has 2 aromatic carbocycles. The van der Waals surface area contributed by atoms with Crippen molar-refractivity contribution in [2.24, 2.45) is 0 Å². The van der Waals surface area contributed by atoms with E-state index >= 15 is 0 Å². The van der Waals surface area contributed by atoms with Crippen LogP contribution in [-0.4, -0.2) is 6.10 Å². The minimum atomic E-state index is -1.47. The SMILES string of the molecule is CCCCCCCCc1ccc(OP(Oc2ccccc2)OC2CCCCC2)cc1. The predicted molar refractivity (Wildman–Crippen MR) is 126 cm³/mol. The van der Waals surface area contributed by atoms with Crippen molar-refractivity contribution >= 4 is 8.60 Å². The highest BCUT2D eigenvalue weighted by atomic mass is 31.2. The van der Waals surface area contributed by atoms with Gasteiger partial charge in [0.15, 0.2) is 0 Å². The van der Waals surface area contributed by atoms with Crippen molar-refractivity contribution in [2.75, 3.05) is 0 Å². The van der Waals surface area contributed by atoms with Crippen LogP contribution < -0.4 is 9.05 Å². The number of hydrogen-bond donors (Lipinski definition) is 0. The molecule has 0 saturated heterocycles. The lowest BCUT2D eigenvalue weighted by atomic mass is 9.98. The van der Waals surface area contributed by atoms with Gasteiger partial charge in [-0.2, -0.15) is 0 Å². The minimum absolute atomic E-state index is 0.237. The lowest BCUT2D eigenvalue weighted by Crippen LogP contribution is -2.16. The summed E-state index contributed by atoms with van der Waals surface area (Å²) in [6, 6.07) is 18.3. The Labute approximate surface area is 184 Å². The summed E-state index contributed by atoms with van der Waals surface area (Å²) in [5.41, 5.74) is 1.37. The second-order valence-corrected chi connectivity index (χ2v) is 9.27. The summed E-state index contributed by atoms with van der Waals surface area (Å²) in [6.45, 7) is 2.26. The third-order valence-corrected chi connectivity index (χ3v) is 6.82. The molecule has 164 valence electrons. The number of rotatable bonds is 13. The summed E-state index contributed by atoms with van der Waals surface area (Å²) >= 11 is 0. The van der Waals surface area contributed by atoms with E-state index in [4.69, 9.17) is 13.6 Å². The van der Waals surface area contributed by atoms with Gasteiger partial charge in [0.1, 0.15) is 11.5 Å². The average Bonchev–Trinajstić information content (AvgIpc) is 2.79. The van der Waals surface area contributed by atoms with Crippen molar-refractivity contribution in [1.82, 2.24) is 0 Å². The normalized spacial score (nSPS) is 15.6. The highest BCUT2D eigenvalue weighted by Crippen LogP contribution is 2.44. The molecule has 0 heterocycles. The van der Waals surface area contributed by atoms with Gasteiger partial charge in [-0.3, -0.25) is 4.52 Å². The van der Waals surface area contributed by atoms with Crippen molar-refractivity contribution in [3.63, 3.8) is 0 Å². The molecule has 0 aromatic heterocycles. The first-order valence-corrected chi connectivity index (χ1v) is 12.9. The summed E-state index contributed by atoms with van der Waals surface area (Å²) in [5, 5.41) is 0. The summed E-state index contributed by atoms with van der Waals surface area (Å²) in [5.74, 6) is 1.61. The van der Waals surface area contributed by atoms with Crippen molar-refractivity contribution in [2.45, 2.75) is 90.1 Å². The van der Waals surface area contributed by atoms with Gasteiger partial charge in [-0.15, -0.1) is 0 Å². The standard InChI is InChI=1S/C26H37O3P/c1-2-3-4-5-6-9-14-23-19-21-26(22-20-23)29-30(27-24-15-10-7-11-16-24)28-25-17-12-8-13-18-25/h7,10-11,15-16,19-22,25H,2-6,8-9,12-14,17-18H2,1H3. The first-order chi connectivity index (χ1) is 14.8. The summed E-state index contributed by atoms with van der Waals surface area (Å²) in [6.07, 6.45) is 15.3. The van der Waals surface area contributed by atoms with Gasteiger partial charge in [-0.1, -0.05) is 88.6 Å². The number of unbranched alkanes of at least 4 members (excludes halogenated alkanes) is 5. The van der Waals surface area contributed by atoms with Gasteiger partial charge in [-0.05, 0) is 55.5 Å². The van der Waals surface area contributed by atoms with Crippen molar-refractivity contribution in [3.05, 3.63) is 60.2 Å². The molecule has 0 spiro atoms.